The van der Waals surface area contributed by atoms with Gasteiger partial charge in [0.2, 0.25) is 0 Å². The van der Waals surface area contributed by atoms with Crippen molar-refractivity contribution >= 4 is 27.5 Å². The standard InChI is InChI=1S/C18H23BrN6/c1-4-20-18(24(3)13-16-6-5-9-23(16)2)21-10-15-12-25-11-14(19)7-8-17(25)22-15/h5-9,11-12H,4,10,13H2,1-3H3,(H,20,21). The quantitative estimate of drug-likeness (QED) is 0.526. The minimum atomic E-state index is 0.541. The highest BCUT2D eigenvalue weighted by molar-refractivity contribution is 9.10. The smallest absolute Gasteiger partial charge is 0.194 e. The van der Waals surface area contributed by atoms with Gasteiger partial charge in [0.25, 0.3) is 0 Å². The first kappa shape index (κ1) is 17.5. The molecule has 132 valence electrons. The SMILES string of the molecule is CCNC(=NCc1cn2cc(Br)ccc2n1)N(C)Cc1cccn1C. The highest BCUT2D eigenvalue weighted by Gasteiger charge is 2.09. The molecule has 7 heteroatoms. The van der Waals surface area contributed by atoms with Gasteiger partial charge in [-0.05, 0) is 47.1 Å². The summed E-state index contributed by atoms with van der Waals surface area (Å²) in [6.07, 6.45) is 6.08. The Morgan fingerprint density at radius 3 is 2.88 bits per heavy atom. The summed E-state index contributed by atoms with van der Waals surface area (Å²) in [6, 6.07) is 8.17. The third-order valence-electron chi connectivity index (χ3n) is 4.00. The summed E-state index contributed by atoms with van der Waals surface area (Å²) in [5.41, 5.74) is 3.11. The molecule has 0 unspecified atom stereocenters. The summed E-state index contributed by atoms with van der Waals surface area (Å²) in [4.78, 5) is 11.5. The van der Waals surface area contributed by atoms with E-state index in [1.54, 1.807) is 0 Å². The second kappa shape index (κ2) is 7.74. The topological polar surface area (TPSA) is 49.9 Å². The molecule has 0 radical (unpaired) electrons. The largest absolute Gasteiger partial charge is 0.357 e. The summed E-state index contributed by atoms with van der Waals surface area (Å²) in [6.45, 7) is 4.25. The molecule has 1 N–H and O–H groups in total. The zero-order valence-electron chi connectivity index (χ0n) is 14.8. The average Bonchev–Trinajstić information content (AvgIpc) is 3.17. The first-order valence-electron chi connectivity index (χ1n) is 8.29. The first-order valence-corrected chi connectivity index (χ1v) is 9.09. The molecule has 0 aliphatic carbocycles. The Hall–Kier alpha value is -2.28. The predicted octanol–water partition coefficient (Wildman–Crippen LogP) is 3.03. The third kappa shape index (κ3) is 4.22. The molecule has 0 aliphatic rings. The van der Waals surface area contributed by atoms with Crippen LogP contribution < -0.4 is 5.32 Å². The van der Waals surface area contributed by atoms with E-state index >= 15 is 0 Å². The highest BCUT2D eigenvalue weighted by Crippen LogP contribution is 2.13. The summed E-state index contributed by atoms with van der Waals surface area (Å²) < 4.78 is 5.17. The number of aliphatic imine (C=N–C) groups is 1. The zero-order valence-corrected chi connectivity index (χ0v) is 16.4. The normalized spacial score (nSPS) is 11.9. The van der Waals surface area contributed by atoms with Crippen molar-refractivity contribution in [2.45, 2.75) is 20.0 Å². The Balaban J connectivity index is 1.75. The molecular formula is C18H23BrN6. The fourth-order valence-electron chi connectivity index (χ4n) is 2.70. The van der Waals surface area contributed by atoms with Crippen LogP contribution in [0.3, 0.4) is 0 Å². The van der Waals surface area contributed by atoms with E-state index in [0.29, 0.717) is 6.54 Å². The van der Waals surface area contributed by atoms with E-state index in [2.05, 4.69) is 75.0 Å². The maximum atomic E-state index is 4.75. The van der Waals surface area contributed by atoms with Gasteiger partial charge in [0, 0.05) is 49.4 Å². The lowest BCUT2D eigenvalue weighted by Crippen LogP contribution is -2.38. The van der Waals surface area contributed by atoms with Gasteiger partial charge in [0.15, 0.2) is 5.96 Å². The van der Waals surface area contributed by atoms with Crippen molar-refractivity contribution in [2.75, 3.05) is 13.6 Å². The van der Waals surface area contributed by atoms with E-state index in [-0.39, 0.29) is 0 Å². The van der Waals surface area contributed by atoms with Gasteiger partial charge >= 0.3 is 0 Å². The van der Waals surface area contributed by atoms with Gasteiger partial charge < -0.3 is 19.2 Å². The minimum absolute atomic E-state index is 0.541. The van der Waals surface area contributed by atoms with Crippen molar-refractivity contribution in [3.8, 4) is 0 Å². The Labute approximate surface area is 156 Å². The first-order chi connectivity index (χ1) is 12.1. The van der Waals surface area contributed by atoms with Crippen molar-refractivity contribution in [1.29, 1.82) is 0 Å². The van der Waals surface area contributed by atoms with Gasteiger partial charge in [-0.2, -0.15) is 0 Å². The molecule has 3 aromatic rings. The molecule has 0 fully saturated rings. The van der Waals surface area contributed by atoms with E-state index in [4.69, 9.17) is 4.99 Å². The van der Waals surface area contributed by atoms with E-state index in [1.165, 1.54) is 5.69 Å². The van der Waals surface area contributed by atoms with E-state index in [9.17, 15) is 0 Å². The number of halogens is 1. The number of rotatable bonds is 5. The Kier molecular flexibility index (Phi) is 5.43. The van der Waals surface area contributed by atoms with E-state index in [0.717, 1.165) is 34.9 Å². The van der Waals surface area contributed by atoms with Crippen LogP contribution in [-0.4, -0.2) is 38.4 Å². The van der Waals surface area contributed by atoms with Crippen LogP contribution in [0.2, 0.25) is 0 Å². The number of hydrogen-bond donors (Lipinski definition) is 1. The van der Waals surface area contributed by atoms with Crippen LogP contribution in [0, 0.1) is 0 Å². The van der Waals surface area contributed by atoms with Gasteiger partial charge in [-0.3, -0.25) is 0 Å². The highest BCUT2D eigenvalue weighted by atomic mass is 79.9. The van der Waals surface area contributed by atoms with Crippen molar-refractivity contribution in [2.24, 2.45) is 12.0 Å². The Bertz CT molecular complexity index is 879. The van der Waals surface area contributed by atoms with Crippen molar-refractivity contribution in [3.05, 3.63) is 58.7 Å². The summed E-state index contributed by atoms with van der Waals surface area (Å²) >= 11 is 3.48. The van der Waals surface area contributed by atoms with Gasteiger partial charge in [-0.1, -0.05) is 0 Å². The van der Waals surface area contributed by atoms with Crippen molar-refractivity contribution in [3.63, 3.8) is 0 Å². The van der Waals surface area contributed by atoms with Crippen molar-refractivity contribution in [1.82, 2.24) is 24.2 Å². The molecule has 0 saturated heterocycles. The summed E-state index contributed by atoms with van der Waals surface area (Å²) in [7, 11) is 4.11. The number of nitrogens with one attached hydrogen (secondary N) is 1. The lowest BCUT2D eigenvalue weighted by atomic mass is 10.4. The van der Waals surface area contributed by atoms with Crippen LogP contribution in [0.1, 0.15) is 18.3 Å². The van der Waals surface area contributed by atoms with Crippen LogP contribution in [0.4, 0.5) is 0 Å². The second-order valence-corrected chi connectivity index (χ2v) is 6.90. The molecular weight excluding hydrogens is 380 g/mol. The second-order valence-electron chi connectivity index (χ2n) is 5.98. The average molecular weight is 403 g/mol. The van der Waals surface area contributed by atoms with Gasteiger partial charge in [0.1, 0.15) is 5.65 Å². The predicted molar refractivity (Wildman–Crippen MR) is 105 cm³/mol. The van der Waals surface area contributed by atoms with Gasteiger partial charge in [-0.15, -0.1) is 0 Å². The number of hydrogen-bond acceptors (Lipinski definition) is 2. The van der Waals surface area contributed by atoms with Gasteiger partial charge in [0.05, 0.1) is 18.8 Å². The number of imidazole rings is 1. The molecule has 0 amide bonds. The van der Waals surface area contributed by atoms with Crippen LogP contribution in [0.5, 0.6) is 0 Å². The van der Waals surface area contributed by atoms with Crippen LogP contribution in [0.25, 0.3) is 5.65 Å². The number of nitrogens with zero attached hydrogens (tertiary/aromatic N) is 5. The molecule has 25 heavy (non-hydrogen) atoms. The maximum Gasteiger partial charge on any atom is 0.194 e. The number of guanidine groups is 1. The van der Waals surface area contributed by atoms with Crippen LogP contribution in [-0.2, 0) is 20.1 Å². The molecule has 3 aromatic heterocycles. The number of fused-ring (bicyclic) bond motifs is 1. The third-order valence-corrected chi connectivity index (χ3v) is 4.47. The number of pyridine rings is 1. The van der Waals surface area contributed by atoms with Crippen LogP contribution >= 0.6 is 15.9 Å². The summed E-state index contributed by atoms with van der Waals surface area (Å²) in [5.74, 6) is 0.877. The lowest BCUT2D eigenvalue weighted by molar-refractivity contribution is 0.461. The summed E-state index contributed by atoms with van der Waals surface area (Å²) in [5, 5.41) is 3.35. The van der Waals surface area contributed by atoms with E-state index < -0.39 is 0 Å². The lowest BCUT2D eigenvalue weighted by Gasteiger charge is -2.22. The minimum Gasteiger partial charge on any atom is -0.357 e. The molecule has 0 aromatic carbocycles. The van der Waals surface area contributed by atoms with E-state index in [1.807, 2.05) is 28.9 Å². The Morgan fingerprint density at radius 2 is 2.16 bits per heavy atom. The fraction of sp³-hybridized carbons (Fsp3) is 0.333. The monoisotopic (exact) mass is 402 g/mol. The molecule has 3 heterocycles. The molecule has 0 atom stereocenters. The maximum absolute atomic E-state index is 4.75. The Morgan fingerprint density at radius 1 is 1.32 bits per heavy atom. The van der Waals surface area contributed by atoms with Gasteiger partial charge in [-0.25, -0.2) is 9.98 Å². The number of aryl methyl sites for hydroxylation is 1. The molecule has 0 spiro atoms. The zero-order chi connectivity index (χ0) is 17.8. The van der Waals surface area contributed by atoms with Crippen LogP contribution in [0.15, 0.2) is 52.3 Å². The molecule has 6 nitrogen and oxygen atoms in total. The molecule has 3 rings (SSSR count). The molecule has 0 saturated carbocycles. The fourth-order valence-corrected chi connectivity index (χ4v) is 3.05. The molecule has 0 aliphatic heterocycles. The van der Waals surface area contributed by atoms with Crippen molar-refractivity contribution < 1.29 is 0 Å². The molecule has 0 bridgehead atoms. The number of aromatic nitrogens is 3.